The predicted octanol–water partition coefficient (Wildman–Crippen LogP) is 2.61. The van der Waals surface area contributed by atoms with Crippen molar-refractivity contribution >= 4 is 11.7 Å². The molecule has 0 atom stereocenters. The standard InChI is InChI=1S/C19H24N4O2/c1-14-13-17(21-19(20-14)15-7-3-4-8-16(15)24)22(2)11-12-23-10-6-5-9-18(23)25/h3-4,7-8,13,24H,5-6,9-12H2,1-2H3. The first-order valence-electron chi connectivity index (χ1n) is 8.67. The lowest BCUT2D eigenvalue weighted by molar-refractivity contribution is -0.133. The highest BCUT2D eigenvalue weighted by Gasteiger charge is 2.18. The van der Waals surface area contributed by atoms with Gasteiger partial charge in [-0.1, -0.05) is 12.1 Å². The monoisotopic (exact) mass is 340 g/mol. The summed E-state index contributed by atoms with van der Waals surface area (Å²) < 4.78 is 0. The van der Waals surface area contributed by atoms with Gasteiger partial charge in [0.05, 0.1) is 5.56 Å². The maximum absolute atomic E-state index is 11.9. The van der Waals surface area contributed by atoms with E-state index >= 15 is 0 Å². The minimum atomic E-state index is 0.167. The minimum absolute atomic E-state index is 0.167. The number of aromatic hydroxyl groups is 1. The van der Waals surface area contributed by atoms with Crippen LogP contribution in [0.5, 0.6) is 5.75 Å². The number of aromatic nitrogens is 2. The molecule has 0 unspecified atom stereocenters. The van der Waals surface area contributed by atoms with E-state index in [2.05, 4.69) is 9.97 Å². The lowest BCUT2D eigenvalue weighted by Crippen LogP contribution is -2.40. The van der Waals surface area contributed by atoms with Crippen LogP contribution in [-0.2, 0) is 4.79 Å². The number of hydrogen-bond donors (Lipinski definition) is 1. The second-order valence-corrected chi connectivity index (χ2v) is 6.47. The van der Waals surface area contributed by atoms with E-state index in [0.29, 0.717) is 30.9 Å². The van der Waals surface area contributed by atoms with Gasteiger partial charge in [0.1, 0.15) is 11.6 Å². The lowest BCUT2D eigenvalue weighted by atomic mass is 10.1. The van der Waals surface area contributed by atoms with Gasteiger partial charge in [0, 0.05) is 44.9 Å². The fourth-order valence-electron chi connectivity index (χ4n) is 3.01. The van der Waals surface area contributed by atoms with Crippen LogP contribution in [0.4, 0.5) is 5.82 Å². The van der Waals surface area contributed by atoms with Crippen molar-refractivity contribution in [3.8, 4) is 17.1 Å². The summed E-state index contributed by atoms with van der Waals surface area (Å²) in [7, 11) is 1.96. The minimum Gasteiger partial charge on any atom is -0.507 e. The zero-order valence-electron chi connectivity index (χ0n) is 14.8. The van der Waals surface area contributed by atoms with E-state index in [1.807, 2.05) is 35.9 Å². The fraction of sp³-hybridized carbons (Fsp3) is 0.421. The Balaban J connectivity index is 1.75. The van der Waals surface area contributed by atoms with Crippen LogP contribution in [0, 0.1) is 6.92 Å². The van der Waals surface area contributed by atoms with Gasteiger partial charge in [0.2, 0.25) is 5.91 Å². The number of nitrogens with zero attached hydrogens (tertiary/aromatic N) is 4. The van der Waals surface area contributed by atoms with Gasteiger partial charge in [-0.3, -0.25) is 4.79 Å². The van der Waals surface area contributed by atoms with Gasteiger partial charge in [-0.25, -0.2) is 9.97 Å². The third kappa shape index (κ3) is 4.07. The van der Waals surface area contributed by atoms with Crippen LogP contribution in [0.2, 0.25) is 0 Å². The molecular formula is C19H24N4O2. The number of aryl methyl sites for hydroxylation is 1. The number of carbonyl (C=O) groups excluding carboxylic acids is 1. The van der Waals surface area contributed by atoms with E-state index in [-0.39, 0.29) is 11.7 Å². The van der Waals surface area contributed by atoms with Gasteiger partial charge in [0.25, 0.3) is 0 Å². The SMILES string of the molecule is Cc1cc(N(C)CCN2CCCCC2=O)nc(-c2ccccc2O)n1. The number of amides is 1. The van der Waals surface area contributed by atoms with Gasteiger partial charge in [-0.05, 0) is 31.9 Å². The fourth-order valence-corrected chi connectivity index (χ4v) is 3.01. The van der Waals surface area contributed by atoms with E-state index in [1.54, 1.807) is 18.2 Å². The summed E-state index contributed by atoms with van der Waals surface area (Å²) in [5.41, 5.74) is 1.45. The molecule has 0 saturated carbocycles. The molecule has 6 nitrogen and oxygen atoms in total. The average molecular weight is 340 g/mol. The summed E-state index contributed by atoms with van der Waals surface area (Å²) in [6.45, 7) is 4.17. The maximum atomic E-state index is 11.9. The average Bonchev–Trinajstić information content (AvgIpc) is 2.60. The molecule has 132 valence electrons. The van der Waals surface area contributed by atoms with E-state index in [9.17, 15) is 9.90 Å². The Labute approximate surface area is 148 Å². The second kappa shape index (κ2) is 7.51. The van der Waals surface area contributed by atoms with E-state index in [0.717, 1.165) is 30.9 Å². The van der Waals surface area contributed by atoms with Crippen LogP contribution < -0.4 is 4.90 Å². The largest absolute Gasteiger partial charge is 0.507 e. The van der Waals surface area contributed by atoms with Crippen molar-refractivity contribution in [1.29, 1.82) is 0 Å². The van der Waals surface area contributed by atoms with E-state index < -0.39 is 0 Å². The van der Waals surface area contributed by atoms with Crippen LogP contribution in [0.1, 0.15) is 25.0 Å². The molecule has 1 aliphatic heterocycles. The first kappa shape index (κ1) is 17.2. The van der Waals surface area contributed by atoms with Crippen molar-refractivity contribution in [3.63, 3.8) is 0 Å². The topological polar surface area (TPSA) is 69.6 Å². The molecule has 2 aromatic rings. The molecule has 0 aliphatic carbocycles. The van der Waals surface area contributed by atoms with Crippen molar-refractivity contribution < 1.29 is 9.90 Å². The summed E-state index contributed by atoms with van der Waals surface area (Å²) in [4.78, 5) is 24.9. The number of likely N-dealkylation sites (tertiary alicyclic amines) is 1. The van der Waals surface area contributed by atoms with Gasteiger partial charge < -0.3 is 14.9 Å². The normalized spacial score (nSPS) is 14.6. The Morgan fingerprint density at radius 3 is 2.80 bits per heavy atom. The van der Waals surface area contributed by atoms with Crippen molar-refractivity contribution in [2.24, 2.45) is 0 Å². The highest BCUT2D eigenvalue weighted by Crippen LogP contribution is 2.27. The number of anilines is 1. The number of carbonyl (C=O) groups is 1. The predicted molar refractivity (Wildman–Crippen MR) is 97.6 cm³/mol. The number of hydrogen-bond acceptors (Lipinski definition) is 5. The van der Waals surface area contributed by atoms with Crippen molar-refractivity contribution in [1.82, 2.24) is 14.9 Å². The smallest absolute Gasteiger partial charge is 0.222 e. The molecule has 1 amide bonds. The zero-order valence-corrected chi connectivity index (χ0v) is 14.8. The summed E-state index contributed by atoms with van der Waals surface area (Å²) >= 11 is 0. The molecule has 2 heterocycles. The zero-order chi connectivity index (χ0) is 17.8. The highest BCUT2D eigenvalue weighted by atomic mass is 16.3. The first-order chi connectivity index (χ1) is 12.0. The van der Waals surface area contributed by atoms with Crippen LogP contribution in [-0.4, -0.2) is 52.6 Å². The summed E-state index contributed by atoms with van der Waals surface area (Å²) in [6, 6.07) is 8.98. The molecule has 0 radical (unpaired) electrons. The van der Waals surface area contributed by atoms with Crippen LogP contribution in [0.3, 0.4) is 0 Å². The van der Waals surface area contributed by atoms with Gasteiger partial charge in [0.15, 0.2) is 5.82 Å². The third-order valence-electron chi connectivity index (χ3n) is 4.50. The van der Waals surface area contributed by atoms with Crippen molar-refractivity contribution in [2.75, 3.05) is 31.6 Å². The molecule has 1 aliphatic rings. The first-order valence-corrected chi connectivity index (χ1v) is 8.67. The number of phenolic OH excluding ortho intramolecular Hbond substituents is 1. The second-order valence-electron chi connectivity index (χ2n) is 6.47. The quantitative estimate of drug-likeness (QED) is 0.906. The third-order valence-corrected chi connectivity index (χ3v) is 4.50. The van der Waals surface area contributed by atoms with E-state index in [4.69, 9.17) is 0 Å². The number of phenols is 1. The van der Waals surface area contributed by atoms with Gasteiger partial charge in [-0.15, -0.1) is 0 Å². The molecule has 1 N–H and O–H groups in total. The Bertz CT molecular complexity index is 763. The molecule has 0 bridgehead atoms. The number of benzene rings is 1. The number of para-hydroxylation sites is 1. The lowest BCUT2D eigenvalue weighted by Gasteiger charge is -2.29. The molecule has 1 saturated heterocycles. The molecule has 3 rings (SSSR count). The summed E-state index contributed by atoms with van der Waals surface area (Å²) in [6.07, 6.45) is 2.74. The van der Waals surface area contributed by atoms with Crippen molar-refractivity contribution in [3.05, 3.63) is 36.0 Å². The number of piperidine rings is 1. The van der Waals surface area contributed by atoms with Crippen LogP contribution in [0.25, 0.3) is 11.4 Å². The summed E-state index contributed by atoms with van der Waals surface area (Å²) in [5.74, 6) is 1.71. The summed E-state index contributed by atoms with van der Waals surface area (Å²) in [5, 5.41) is 10.0. The van der Waals surface area contributed by atoms with Gasteiger partial charge in [-0.2, -0.15) is 0 Å². The van der Waals surface area contributed by atoms with Crippen LogP contribution >= 0.6 is 0 Å². The number of rotatable bonds is 5. The molecule has 6 heteroatoms. The molecule has 1 fully saturated rings. The molecule has 25 heavy (non-hydrogen) atoms. The Hall–Kier alpha value is -2.63. The molecular weight excluding hydrogens is 316 g/mol. The Kier molecular flexibility index (Phi) is 5.16. The molecule has 0 spiro atoms. The van der Waals surface area contributed by atoms with Gasteiger partial charge >= 0.3 is 0 Å². The van der Waals surface area contributed by atoms with Crippen molar-refractivity contribution in [2.45, 2.75) is 26.2 Å². The molecule has 1 aromatic carbocycles. The van der Waals surface area contributed by atoms with E-state index in [1.165, 1.54) is 0 Å². The Morgan fingerprint density at radius 1 is 1.24 bits per heavy atom. The van der Waals surface area contributed by atoms with Crippen LogP contribution in [0.15, 0.2) is 30.3 Å². The number of likely N-dealkylation sites (N-methyl/N-ethyl adjacent to an activating group) is 1. The highest BCUT2D eigenvalue weighted by molar-refractivity contribution is 5.76. The Morgan fingerprint density at radius 2 is 2.04 bits per heavy atom. The maximum Gasteiger partial charge on any atom is 0.222 e. The molecule has 1 aromatic heterocycles.